The fraction of sp³-hybridized carbons (Fsp3) is 0.250. The molecular weight excluding hydrogens is 334 g/mol. The molecule has 7 heteroatoms. The van der Waals surface area contributed by atoms with E-state index in [1.165, 1.54) is 6.07 Å². The molecule has 0 aromatic carbocycles. The number of carbonyl (C=O) groups is 1. The summed E-state index contributed by atoms with van der Waals surface area (Å²) in [5.74, 6) is -1.11. The molecule has 5 nitrogen and oxygen atoms in total. The van der Waals surface area contributed by atoms with Crippen molar-refractivity contribution in [3.63, 3.8) is 0 Å². The van der Waals surface area contributed by atoms with Crippen molar-refractivity contribution in [1.82, 2.24) is 14.8 Å². The molecule has 1 N–H and O–H groups in total. The van der Waals surface area contributed by atoms with Gasteiger partial charge < -0.3 is 5.11 Å². The van der Waals surface area contributed by atoms with E-state index in [1.54, 1.807) is 10.9 Å². The van der Waals surface area contributed by atoms with E-state index in [0.29, 0.717) is 17.8 Å². The zero-order valence-electron chi connectivity index (χ0n) is 10.3. The number of carboxylic acid groups (broad SMARTS) is 1. The second-order valence-corrected chi connectivity index (χ2v) is 5.17. The van der Waals surface area contributed by atoms with Crippen LogP contribution in [0.4, 0.5) is 0 Å². The lowest BCUT2D eigenvalue weighted by molar-refractivity contribution is 0.0696. The molecule has 0 fully saturated rings. The molecule has 0 aliphatic carbocycles. The minimum Gasteiger partial charge on any atom is -0.478 e. The van der Waals surface area contributed by atoms with E-state index in [9.17, 15) is 4.79 Å². The third-order valence-electron chi connectivity index (χ3n) is 2.68. The van der Waals surface area contributed by atoms with Gasteiger partial charge in [0, 0.05) is 6.20 Å². The van der Waals surface area contributed by atoms with Gasteiger partial charge >= 0.3 is 5.97 Å². The molecule has 2 aromatic heterocycles. The van der Waals surface area contributed by atoms with Crippen molar-refractivity contribution in [3.05, 3.63) is 38.8 Å². The second-order valence-electron chi connectivity index (χ2n) is 3.96. The number of halogens is 2. The van der Waals surface area contributed by atoms with Gasteiger partial charge in [-0.3, -0.25) is 0 Å². The molecule has 0 amide bonds. The minimum absolute atomic E-state index is 0.00366. The standard InChI is InChI=1S/C12H11BrClN3O2/c1-3-9-10(17-5-8(13)6(2)16-17)4-7(12(18)19)11(14)15-9/h4-5H,3H2,1-2H3,(H,18,19). The van der Waals surface area contributed by atoms with Crippen LogP contribution in [0.15, 0.2) is 16.7 Å². The van der Waals surface area contributed by atoms with Gasteiger partial charge in [-0.25, -0.2) is 14.5 Å². The van der Waals surface area contributed by atoms with E-state index in [2.05, 4.69) is 26.0 Å². The molecule has 0 aliphatic heterocycles. The van der Waals surface area contributed by atoms with E-state index in [4.69, 9.17) is 16.7 Å². The Labute approximate surface area is 123 Å². The molecular formula is C12H11BrClN3O2. The van der Waals surface area contributed by atoms with E-state index in [1.807, 2.05) is 13.8 Å². The molecule has 2 aromatic rings. The smallest absolute Gasteiger partial charge is 0.338 e. The molecule has 0 bridgehead atoms. The largest absolute Gasteiger partial charge is 0.478 e. The lowest BCUT2D eigenvalue weighted by Gasteiger charge is -2.09. The van der Waals surface area contributed by atoms with Crippen LogP contribution >= 0.6 is 27.5 Å². The Hall–Kier alpha value is -1.40. The van der Waals surface area contributed by atoms with Gasteiger partial charge in [-0.05, 0) is 35.3 Å². The Morgan fingerprint density at radius 2 is 2.26 bits per heavy atom. The molecule has 0 saturated carbocycles. The second kappa shape index (κ2) is 5.30. The van der Waals surface area contributed by atoms with Gasteiger partial charge in [0.15, 0.2) is 0 Å². The van der Waals surface area contributed by atoms with Crippen molar-refractivity contribution < 1.29 is 9.90 Å². The van der Waals surface area contributed by atoms with Crippen LogP contribution < -0.4 is 0 Å². The van der Waals surface area contributed by atoms with Gasteiger partial charge in [0.1, 0.15) is 5.15 Å². The molecule has 19 heavy (non-hydrogen) atoms. The summed E-state index contributed by atoms with van der Waals surface area (Å²) in [5.41, 5.74) is 2.11. The van der Waals surface area contributed by atoms with Crippen LogP contribution in [-0.2, 0) is 6.42 Å². The zero-order chi connectivity index (χ0) is 14.2. The van der Waals surface area contributed by atoms with Gasteiger partial charge in [0.05, 0.1) is 27.1 Å². The minimum atomic E-state index is -1.11. The third-order valence-corrected chi connectivity index (χ3v) is 3.75. The first-order chi connectivity index (χ1) is 8.93. The predicted molar refractivity (Wildman–Crippen MR) is 75.1 cm³/mol. The molecule has 0 aliphatic rings. The van der Waals surface area contributed by atoms with Crippen molar-refractivity contribution in [2.24, 2.45) is 0 Å². The van der Waals surface area contributed by atoms with Crippen molar-refractivity contribution in [2.45, 2.75) is 20.3 Å². The molecule has 0 atom stereocenters. The maximum Gasteiger partial charge on any atom is 0.338 e. The molecule has 100 valence electrons. The SMILES string of the molecule is CCc1nc(Cl)c(C(=O)O)cc1-n1cc(Br)c(C)n1. The highest BCUT2D eigenvalue weighted by Crippen LogP contribution is 2.23. The Morgan fingerprint density at radius 3 is 2.74 bits per heavy atom. The highest BCUT2D eigenvalue weighted by molar-refractivity contribution is 9.10. The number of pyridine rings is 1. The first-order valence-electron chi connectivity index (χ1n) is 5.59. The lowest BCUT2D eigenvalue weighted by Crippen LogP contribution is -2.08. The maximum absolute atomic E-state index is 11.1. The maximum atomic E-state index is 11.1. The third kappa shape index (κ3) is 2.64. The van der Waals surface area contributed by atoms with Gasteiger partial charge in [-0.2, -0.15) is 5.10 Å². The van der Waals surface area contributed by atoms with Crippen LogP contribution in [0.2, 0.25) is 5.15 Å². The average molecular weight is 345 g/mol. The average Bonchev–Trinajstić information content (AvgIpc) is 2.68. The topological polar surface area (TPSA) is 68.0 Å². The number of rotatable bonds is 3. The molecule has 0 radical (unpaired) electrons. The number of aromatic nitrogens is 3. The zero-order valence-corrected chi connectivity index (χ0v) is 12.7. The number of aromatic carboxylic acids is 1. The number of aryl methyl sites for hydroxylation is 2. The van der Waals surface area contributed by atoms with Crippen LogP contribution in [0.25, 0.3) is 5.69 Å². The summed E-state index contributed by atoms with van der Waals surface area (Å²) in [5, 5.41) is 13.4. The van der Waals surface area contributed by atoms with Crippen LogP contribution in [0.5, 0.6) is 0 Å². The fourth-order valence-electron chi connectivity index (χ4n) is 1.69. The molecule has 2 rings (SSSR count). The van der Waals surface area contributed by atoms with E-state index in [-0.39, 0.29) is 10.7 Å². The molecule has 0 saturated heterocycles. The number of nitrogens with zero attached hydrogens (tertiary/aromatic N) is 3. The summed E-state index contributed by atoms with van der Waals surface area (Å²) in [4.78, 5) is 15.3. The Bertz CT molecular complexity index is 635. The van der Waals surface area contributed by atoms with Crippen molar-refractivity contribution in [1.29, 1.82) is 0 Å². The van der Waals surface area contributed by atoms with Crippen LogP contribution in [0, 0.1) is 6.92 Å². The summed E-state index contributed by atoms with van der Waals surface area (Å²) in [7, 11) is 0. The van der Waals surface area contributed by atoms with E-state index < -0.39 is 5.97 Å². The van der Waals surface area contributed by atoms with Crippen LogP contribution in [-0.4, -0.2) is 25.8 Å². The van der Waals surface area contributed by atoms with Gasteiger partial charge in [0.25, 0.3) is 0 Å². The highest BCUT2D eigenvalue weighted by Gasteiger charge is 2.17. The Morgan fingerprint density at radius 1 is 1.58 bits per heavy atom. The van der Waals surface area contributed by atoms with Crippen molar-refractivity contribution >= 4 is 33.5 Å². The molecule has 0 unspecified atom stereocenters. The van der Waals surface area contributed by atoms with Gasteiger partial charge in [-0.15, -0.1) is 0 Å². The normalized spacial score (nSPS) is 10.7. The Balaban J connectivity index is 2.66. The Kier molecular flexibility index (Phi) is 3.91. The molecule has 2 heterocycles. The predicted octanol–water partition coefficient (Wildman–Crippen LogP) is 3.25. The molecule has 0 spiro atoms. The highest BCUT2D eigenvalue weighted by atomic mass is 79.9. The van der Waals surface area contributed by atoms with Gasteiger partial charge in [-0.1, -0.05) is 18.5 Å². The van der Waals surface area contributed by atoms with E-state index in [0.717, 1.165) is 10.2 Å². The van der Waals surface area contributed by atoms with Crippen LogP contribution in [0.1, 0.15) is 28.7 Å². The van der Waals surface area contributed by atoms with Crippen molar-refractivity contribution in [3.8, 4) is 5.69 Å². The van der Waals surface area contributed by atoms with Crippen LogP contribution in [0.3, 0.4) is 0 Å². The summed E-state index contributed by atoms with van der Waals surface area (Å²) in [6.45, 7) is 3.78. The van der Waals surface area contributed by atoms with E-state index >= 15 is 0 Å². The summed E-state index contributed by atoms with van der Waals surface area (Å²) in [6, 6.07) is 1.50. The summed E-state index contributed by atoms with van der Waals surface area (Å²) < 4.78 is 2.45. The van der Waals surface area contributed by atoms with Gasteiger partial charge in [0.2, 0.25) is 0 Å². The monoisotopic (exact) mass is 343 g/mol. The first-order valence-corrected chi connectivity index (χ1v) is 6.76. The number of hydrogen-bond acceptors (Lipinski definition) is 3. The number of carboxylic acids is 1. The lowest BCUT2D eigenvalue weighted by atomic mass is 10.2. The summed E-state index contributed by atoms with van der Waals surface area (Å²) in [6.07, 6.45) is 2.40. The number of hydrogen-bond donors (Lipinski definition) is 1. The quantitative estimate of drug-likeness (QED) is 0.868. The van der Waals surface area contributed by atoms with Crippen molar-refractivity contribution in [2.75, 3.05) is 0 Å². The first kappa shape index (κ1) is 14.0. The summed E-state index contributed by atoms with van der Waals surface area (Å²) >= 11 is 9.24. The fourth-order valence-corrected chi connectivity index (χ4v) is 2.20.